The number of anilines is 1. The van der Waals surface area contributed by atoms with Gasteiger partial charge in [0.05, 0.1) is 0 Å². The Kier molecular flexibility index (Phi) is 6.18. The monoisotopic (exact) mass is 334 g/mol. The summed E-state index contributed by atoms with van der Waals surface area (Å²) in [6, 6.07) is 15.6. The molecule has 0 spiro atoms. The molecule has 1 N–H and O–H groups in total. The van der Waals surface area contributed by atoms with Crippen molar-refractivity contribution in [3.63, 3.8) is 0 Å². The predicted molar refractivity (Wildman–Crippen MR) is 98.8 cm³/mol. The summed E-state index contributed by atoms with van der Waals surface area (Å²) in [5.41, 5.74) is 4.02. The van der Waals surface area contributed by atoms with Gasteiger partial charge in [-0.1, -0.05) is 35.5 Å². The first-order chi connectivity index (χ1) is 10.2. The lowest BCUT2D eigenvalue weighted by atomic mass is 10.2. The molecule has 118 valence electrons. The summed E-state index contributed by atoms with van der Waals surface area (Å²) < 4.78 is 0. The number of nitrogens with one attached hydrogen (secondary N) is 1. The molecule has 4 heteroatoms. The lowest BCUT2D eigenvalue weighted by Crippen LogP contribution is -2.43. The predicted octanol–water partition coefficient (Wildman–Crippen LogP) is 4.29. The molecule has 0 aliphatic carbocycles. The van der Waals surface area contributed by atoms with Crippen LogP contribution in [0.4, 0.5) is 5.69 Å². The molecule has 0 amide bonds. The number of halogens is 1. The van der Waals surface area contributed by atoms with E-state index >= 15 is 0 Å². The third kappa shape index (κ3) is 4.19. The van der Waals surface area contributed by atoms with Crippen molar-refractivity contribution in [3.05, 3.63) is 53.6 Å². The molecule has 0 radical (unpaired) electrons. The van der Waals surface area contributed by atoms with Gasteiger partial charge in [-0.15, -0.1) is 12.4 Å². The van der Waals surface area contributed by atoms with Crippen LogP contribution in [0.3, 0.4) is 0 Å². The molecule has 2 aromatic rings. The van der Waals surface area contributed by atoms with Crippen LogP contribution in [0.5, 0.6) is 0 Å². The molecule has 1 aliphatic heterocycles. The number of nitrogens with zero attached hydrogens (tertiary/aromatic N) is 1. The molecule has 2 aromatic carbocycles. The smallest absolute Gasteiger partial charge is 0.0378 e. The first-order valence-corrected chi connectivity index (χ1v) is 8.35. The summed E-state index contributed by atoms with van der Waals surface area (Å²) in [7, 11) is 0. The van der Waals surface area contributed by atoms with E-state index in [9.17, 15) is 0 Å². The van der Waals surface area contributed by atoms with Crippen molar-refractivity contribution in [2.75, 3.05) is 31.1 Å². The molecule has 0 unspecified atom stereocenters. The van der Waals surface area contributed by atoms with Crippen molar-refractivity contribution >= 4 is 29.9 Å². The lowest BCUT2D eigenvalue weighted by molar-refractivity contribution is 0.589. The Hall–Kier alpha value is -1.16. The Balaban J connectivity index is 0.00000176. The highest BCUT2D eigenvalue weighted by Gasteiger charge is 2.11. The molecule has 3 rings (SSSR count). The van der Waals surface area contributed by atoms with Gasteiger partial charge < -0.3 is 10.2 Å². The zero-order chi connectivity index (χ0) is 14.7. The van der Waals surface area contributed by atoms with Crippen LogP contribution in [0, 0.1) is 13.8 Å². The van der Waals surface area contributed by atoms with Crippen molar-refractivity contribution in [1.29, 1.82) is 0 Å². The van der Waals surface area contributed by atoms with E-state index in [1.807, 2.05) is 11.8 Å². The summed E-state index contributed by atoms with van der Waals surface area (Å²) in [5.74, 6) is 0. The molecule has 0 bridgehead atoms. The van der Waals surface area contributed by atoms with E-state index in [1.54, 1.807) is 0 Å². The van der Waals surface area contributed by atoms with Gasteiger partial charge in [-0.05, 0) is 43.7 Å². The minimum atomic E-state index is 0. The van der Waals surface area contributed by atoms with Crippen molar-refractivity contribution in [1.82, 2.24) is 5.32 Å². The summed E-state index contributed by atoms with van der Waals surface area (Å²) >= 11 is 1.86. The van der Waals surface area contributed by atoms with Crippen molar-refractivity contribution < 1.29 is 0 Å². The fraction of sp³-hybridized carbons (Fsp3) is 0.333. The second-order valence-corrected chi connectivity index (χ2v) is 6.72. The van der Waals surface area contributed by atoms with Crippen LogP contribution in [0.2, 0.25) is 0 Å². The van der Waals surface area contributed by atoms with Gasteiger partial charge in [-0.2, -0.15) is 0 Å². The van der Waals surface area contributed by atoms with Gasteiger partial charge in [0.25, 0.3) is 0 Å². The van der Waals surface area contributed by atoms with E-state index in [-0.39, 0.29) is 12.4 Å². The van der Waals surface area contributed by atoms with Crippen LogP contribution in [-0.4, -0.2) is 26.2 Å². The highest BCUT2D eigenvalue weighted by molar-refractivity contribution is 7.99. The van der Waals surface area contributed by atoms with E-state index in [0.29, 0.717) is 0 Å². The topological polar surface area (TPSA) is 15.3 Å². The number of benzene rings is 2. The molecule has 0 saturated carbocycles. The maximum absolute atomic E-state index is 3.40. The first kappa shape index (κ1) is 17.2. The van der Waals surface area contributed by atoms with Crippen LogP contribution in [0.15, 0.2) is 52.3 Å². The van der Waals surface area contributed by atoms with Gasteiger partial charge in [-0.25, -0.2) is 0 Å². The summed E-state index contributed by atoms with van der Waals surface area (Å²) in [6.45, 7) is 8.68. The molecule has 0 aromatic heterocycles. The molecule has 1 saturated heterocycles. The van der Waals surface area contributed by atoms with Crippen molar-refractivity contribution in [2.24, 2.45) is 0 Å². The van der Waals surface area contributed by atoms with Gasteiger partial charge in [-0.3, -0.25) is 0 Å². The molecule has 1 heterocycles. The fourth-order valence-electron chi connectivity index (χ4n) is 2.71. The largest absolute Gasteiger partial charge is 0.369 e. The van der Waals surface area contributed by atoms with E-state index in [4.69, 9.17) is 0 Å². The Labute approximate surface area is 143 Å². The van der Waals surface area contributed by atoms with E-state index in [2.05, 4.69) is 66.5 Å². The molecular formula is C18H23ClN2S. The highest BCUT2D eigenvalue weighted by atomic mass is 35.5. The van der Waals surface area contributed by atoms with Gasteiger partial charge in [0, 0.05) is 41.7 Å². The Morgan fingerprint density at radius 2 is 1.77 bits per heavy atom. The second-order valence-electron chi connectivity index (χ2n) is 5.61. The number of rotatable bonds is 3. The number of hydrogen-bond donors (Lipinski definition) is 1. The molecule has 1 fully saturated rings. The average Bonchev–Trinajstić information content (AvgIpc) is 2.51. The minimum Gasteiger partial charge on any atom is -0.369 e. The zero-order valence-corrected chi connectivity index (χ0v) is 14.8. The van der Waals surface area contributed by atoms with Gasteiger partial charge in [0.1, 0.15) is 0 Å². The zero-order valence-electron chi connectivity index (χ0n) is 13.1. The lowest BCUT2D eigenvalue weighted by Gasteiger charge is -2.29. The molecule has 2 nitrogen and oxygen atoms in total. The third-order valence-electron chi connectivity index (χ3n) is 3.86. The van der Waals surface area contributed by atoms with Gasteiger partial charge in [0.15, 0.2) is 0 Å². The molecule has 0 atom stereocenters. The quantitative estimate of drug-likeness (QED) is 0.901. The fourth-order valence-corrected chi connectivity index (χ4v) is 3.64. The minimum absolute atomic E-state index is 0. The Bertz CT molecular complexity index is 624. The average molecular weight is 335 g/mol. The maximum atomic E-state index is 3.40. The second kappa shape index (κ2) is 7.91. The highest BCUT2D eigenvalue weighted by Crippen LogP contribution is 2.32. The maximum Gasteiger partial charge on any atom is 0.0378 e. The van der Waals surface area contributed by atoms with E-state index < -0.39 is 0 Å². The number of aryl methyl sites for hydroxylation is 2. The summed E-state index contributed by atoms with van der Waals surface area (Å²) in [6.07, 6.45) is 0. The van der Waals surface area contributed by atoms with Crippen molar-refractivity contribution in [2.45, 2.75) is 23.6 Å². The van der Waals surface area contributed by atoms with Crippen LogP contribution >= 0.6 is 24.2 Å². The third-order valence-corrected chi connectivity index (χ3v) is 5.03. The Morgan fingerprint density at radius 1 is 1.00 bits per heavy atom. The van der Waals surface area contributed by atoms with Gasteiger partial charge >= 0.3 is 0 Å². The summed E-state index contributed by atoms with van der Waals surface area (Å²) in [5, 5.41) is 3.40. The normalized spacial score (nSPS) is 14.5. The van der Waals surface area contributed by atoms with E-state index in [1.165, 1.54) is 26.6 Å². The van der Waals surface area contributed by atoms with E-state index in [0.717, 1.165) is 26.2 Å². The van der Waals surface area contributed by atoms with Gasteiger partial charge in [0.2, 0.25) is 0 Å². The van der Waals surface area contributed by atoms with Crippen LogP contribution < -0.4 is 10.2 Å². The molecule has 1 aliphatic rings. The summed E-state index contributed by atoms with van der Waals surface area (Å²) in [4.78, 5) is 5.12. The Morgan fingerprint density at radius 3 is 2.50 bits per heavy atom. The molecular weight excluding hydrogens is 312 g/mol. The first-order valence-electron chi connectivity index (χ1n) is 7.53. The number of hydrogen-bond acceptors (Lipinski definition) is 3. The standard InChI is InChI=1S/C18H22N2S.ClH/c1-14-6-7-18(15(2)12-14)21-17-5-3-4-16(13-17)20-10-8-19-9-11-20;/h3-7,12-13,19H,8-11H2,1-2H3;1H. The number of piperazine rings is 1. The SMILES string of the molecule is Cc1ccc(Sc2cccc(N3CCNCC3)c2)c(C)c1.Cl. The van der Waals surface area contributed by atoms with Crippen molar-refractivity contribution in [3.8, 4) is 0 Å². The van der Waals surface area contributed by atoms with Crippen LogP contribution in [-0.2, 0) is 0 Å². The van der Waals surface area contributed by atoms with Crippen LogP contribution in [0.1, 0.15) is 11.1 Å². The van der Waals surface area contributed by atoms with Crippen LogP contribution in [0.25, 0.3) is 0 Å². The molecule has 22 heavy (non-hydrogen) atoms.